The molecule has 0 spiro atoms. The van der Waals surface area contributed by atoms with Crippen LogP contribution in [0.3, 0.4) is 0 Å². The molecule has 250 valence electrons. The van der Waals surface area contributed by atoms with Crippen molar-refractivity contribution in [3.8, 4) is 22.3 Å². The molecule has 53 heavy (non-hydrogen) atoms. The van der Waals surface area contributed by atoms with Crippen LogP contribution in [0.2, 0.25) is 0 Å². The largest absolute Gasteiger partial charge is 0.182 e. The van der Waals surface area contributed by atoms with E-state index >= 15 is 0 Å². The summed E-state index contributed by atoms with van der Waals surface area (Å²) in [5.41, 5.74) is 12.5. The topological polar surface area (TPSA) is 0 Å². The van der Waals surface area contributed by atoms with E-state index in [1.165, 1.54) is 76.4 Å². The first-order chi connectivity index (χ1) is 26.3. The molecule has 0 bridgehead atoms. The molecule has 0 saturated carbocycles. The van der Waals surface area contributed by atoms with Crippen molar-refractivity contribution >= 4 is 40.0 Å². The second kappa shape index (κ2) is 14.2. The number of hydrogen-bond donors (Lipinski definition) is 0. The third-order valence-corrected chi connectivity index (χ3v) is 15.6. The Hall–Kier alpha value is -6.54. The third-order valence-electron chi connectivity index (χ3n) is 10.6. The zero-order valence-electron chi connectivity index (χ0n) is 29.4. The fourth-order valence-electron chi connectivity index (χ4n) is 8.30. The van der Waals surface area contributed by atoms with Gasteiger partial charge in [0, 0.05) is 0 Å². The molecule has 0 radical (unpaired) electrons. The minimum absolute atomic E-state index is 1.22. The molecule has 0 amide bonds. The summed E-state index contributed by atoms with van der Waals surface area (Å²) in [6, 6.07) is 85.0. The summed E-state index contributed by atoms with van der Waals surface area (Å²) >= 11 is 0. The zero-order chi connectivity index (χ0) is 35.5. The lowest BCUT2D eigenvalue weighted by molar-refractivity contribution is 1.57. The third kappa shape index (κ3) is 5.82. The van der Waals surface area contributed by atoms with Crippen molar-refractivity contribution in [3.05, 3.63) is 253 Å². The van der Waals surface area contributed by atoms with E-state index in [0.717, 1.165) is 0 Å². The van der Waals surface area contributed by atoms with E-state index in [0.29, 0.717) is 0 Å². The molecular formula is C52H38Si. The molecule has 8 aromatic rings. The molecular weight excluding hydrogens is 653 g/mol. The van der Waals surface area contributed by atoms with Crippen molar-refractivity contribution in [2.45, 2.75) is 0 Å². The van der Waals surface area contributed by atoms with Gasteiger partial charge in [0.1, 0.15) is 0 Å². The SMILES string of the molecule is c1ccc(C2=C(c3ccc(-c4ccccc4)cc3)[Si](c3ccccc3)(c3ccccc3)C(c3ccc(-c4ccccc4)cc3)=C2c2ccccc2)cc1. The molecule has 0 unspecified atom stereocenters. The molecule has 0 saturated heterocycles. The van der Waals surface area contributed by atoms with Gasteiger partial charge in [0.25, 0.3) is 0 Å². The standard InChI is InChI=1S/C52H38Si/c1-7-19-39(20-8-1)41-31-35-45(36-32-41)51-49(43-23-11-3-12-24-43)50(44-25-13-4-14-26-44)52(46-37-33-42(34-38-46)40-21-9-2-10-22-40)53(51,47-27-15-5-16-28-47)48-29-17-6-18-30-48/h1-38H. The van der Waals surface area contributed by atoms with E-state index in [9.17, 15) is 0 Å². The molecule has 0 nitrogen and oxygen atoms in total. The maximum absolute atomic E-state index is 3.05. The first-order valence-corrected chi connectivity index (χ1v) is 20.4. The van der Waals surface area contributed by atoms with Crippen molar-refractivity contribution in [1.29, 1.82) is 0 Å². The van der Waals surface area contributed by atoms with Gasteiger partial charge in [0.15, 0.2) is 8.07 Å². The van der Waals surface area contributed by atoms with Crippen LogP contribution in [-0.4, -0.2) is 8.07 Å². The summed E-state index contributed by atoms with van der Waals surface area (Å²) in [6.45, 7) is 0. The molecule has 0 fully saturated rings. The lowest BCUT2D eigenvalue weighted by atomic mass is 9.89. The molecule has 0 atom stereocenters. The summed E-state index contributed by atoms with van der Waals surface area (Å²) in [7, 11) is -3.05. The van der Waals surface area contributed by atoms with Crippen LogP contribution in [0.1, 0.15) is 22.3 Å². The highest BCUT2D eigenvalue weighted by atomic mass is 28.3. The molecule has 1 aliphatic rings. The predicted octanol–water partition coefficient (Wildman–Crippen LogP) is 11.9. The number of hydrogen-bond acceptors (Lipinski definition) is 0. The van der Waals surface area contributed by atoms with Crippen LogP contribution in [0.4, 0.5) is 0 Å². The van der Waals surface area contributed by atoms with E-state index in [2.05, 4.69) is 231 Å². The first kappa shape index (κ1) is 32.4. The highest BCUT2D eigenvalue weighted by Crippen LogP contribution is 2.55. The lowest BCUT2D eigenvalue weighted by Gasteiger charge is -2.36. The molecule has 0 aliphatic carbocycles. The molecule has 1 heteroatoms. The number of allylic oxidation sites excluding steroid dienone is 2. The first-order valence-electron chi connectivity index (χ1n) is 18.4. The van der Waals surface area contributed by atoms with Crippen LogP contribution in [0.25, 0.3) is 43.8 Å². The van der Waals surface area contributed by atoms with Crippen LogP contribution in [0.5, 0.6) is 0 Å². The van der Waals surface area contributed by atoms with Crippen molar-refractivity contribution < 1.29 is 0 Å². The summed E-state index contributed by atoms with van der Waals surface area (Å²) in [4.78, 5) is 0. The van der Waals surface area contributed by atoms with E-state index in [1.807, 2.05) is 0 Å². The fourth-order valence-corrected chi connectivity index (χ4v) is 13.9. The zero-order valence-corrected chi connectivity index (χ0v) is 30.4. The van der Waals surface area contributed by atoms with Gasteiger partial charge in [-0.1, -0.05) is 231 Å². The van der Waals surface area contributed by atoms with Crippen LogP contribution < -0.4 is 10.4 Å². The van der Waals surface area contributed by atoms with E-state index < -0.39 is 8.07 Å². The maximum Gasteiger partial charge on any atom is 0.182 e. The monoisotopic (exact) mass is 690 g/mol. The number of benzene rings is 8. The normalized spacial score (nSPS) is 13.7. The van der Waals surface area contributed by atoms with Crippen LogP contribution in [0, 0.1) is 0 Å². The average Bonchev–Trinajstić information content (AvgIpc) is 3.58. The van der Waals surface area contributed by atoms with E-state index in [1.54, 1.807) is 0 Å². The van der Waals surface area contributed by atoms with Crippen LogP contribution in [0.15, 0.2) is 231 Å². The maximum atomic E-state index is 2.38. The molecule has 1 aliphatic heterocycles. The Balaban J connectivity index is 1.43. The Kier molecular flexibility index (Phi) is 8.69. The van der Waals surface area contributed by atoms with Crippen molar-refractivity contribution in [2.24, 2.45) is 0 Å². The highest BCUT2D eigenvalue weighted by Gasteiger charge is 2.53. The van der Waals surface area contributed by atoms with Gasteiger partial charge >= 0.3 is 0 Å². The molecule has 9 rings (SSSR count). The smallest absolute Gasteiger partial charge is 0.0623 e. The summed E-state index contributed by atoms with van der Waals surface area (Å²) in [6.07, 6.45) is 0. The van der Waals surface area contributed by atoms with E-state index in [4.69, 9.17) is 0 Å². The second-order valence-electron chi connectivity index (χ2n) is 13.6. The van der Waals surface area contributed by atoms with Gasteiger partial charge in [-0.25, -0.2) is 0 Å². The predicted molar refractivity (Wildman–Crippen MR) is 228 cm³/mol. The van der Waals surface area contributed by atoms with Crippen LogP contribution in [-0.2, 0) is 0 Å². The van der Waals surface area contributed by atoms with Gasteiger partial charge < -0.3 is 0 Å². The van der Waals surface area contributed by atoms with Gasteiger partial charge in [0.2, 0.25) is 0 Å². The molecule has 1 heterocycles. The van der Waals surface area contributed by atoms with Crippen molar-refractivity contribution in [1.82, 2.24) is 0 Å². The Morgan fingerprint density at radius 1 is 0.189 bits per heavy atom. The minimum atomic E-state index is -3.05. The summed E-state index contributed by atoms with van der Waals surface area (Å²) in [5.74, 6) is 0. The van der Waals surface area contributed by atoms with Crippen molar-refractivity contribution in [2.75, 3.05) is 0 Å². The van der Waals surface area contributed by atoms with Gasteiger partial charge in [0.05, 0.1) is 0 Å². The van der Waals surface area contributed by atoms with Crippen LogP contribution >= 0.6 is 0 Å². The average molecular weight is 691 g/mol. The van der Waals surface area contributed by atoms with Crippen molar-refractivity contribution in [3.63, 3.8) is 0 Å². The lowest BCUT2D eigenvalue weighted by Crippen LogP contribution is -2.59. The van der Waals surface area contributed by atoms with Gasteiger partial charge in [-0.3, -0.25) is 0 Å². The van der Waals surface area contributed by atoms with E-state index in [-0.39, 0.29) is 0 Å². The minimum Gasteiger partial charge on any atom is -0.0623 e. The molecule has 0 N–H and O–H groups in total. The Bertz CT molecular complexity index is 2340. The van der Waals surface area contributed by atoms with Gasteiger partial charge in [-0.05, 0) is 76.4 Å². The summed E-state index contributed by atoms with van der Waals surface area (Å²) in [5, 5.41) is 5.58. The van der Waals surface area contributed by atoms with Gasteiger partial charge in [-0.15, -0.1) is 0 Å². The summed E-state index contributed by atoms with van der Waals surface area (Å²) < 4.78 is 0. The molecule has 8 aromatic carbocycles. The quantitative estimate of drug-likeness (QED) is 0.139. The Morgan fingerprint density at radius 3 is 0.717 bits per heavy atom. The highest BCUT2D eigenvalue weighted by molar-refractivity contribution is 7.29. The Labute approximate surface area is 313 Å². The number of rotatable bonds is 8. The fraction of sp³-hybridized carbons (Fsp3) is 0. The Morgan fingerprint density at radius 2 is 0.415 bits per heavy atom. The van der Waals surface area contributed by atoms with Gasteiger partial charge in [-0.2, -0.15) is 0 Å². The molecule has 0 aromatic heterocycles. The second-order valence-corrected chi connectivity index (χ2v) is 17.3.